The van der Waals surface area contributed by atoms with Gasteiger partial charge in [0.1, 0.15) is 0 Å². The van der Waals surface area contributed by atoms with Gasteiger partial charge in [-0.15, -0.1) is 0 Å². The standard InChI is InChI=1S/C14H31N3O/c1-11(2)8-13(10-15)9-14(18)16-12(3)6-7-17(4)5/h11-13H,6-10,15H2,1-5H3,(H,16,18). The van der Waals surface area contributed by atoms with Crippen molar-refractivity contribution in [1.29, 1.82) is 0 Å². The van der Waals surface area contributed by atoms with Gasteiger partial charge in [0.2, 0.25) is 5.91 Å². The van der Waals surface area contributed by atoms with Gasteiger partial charge in [0.05, 0.1) is 0 Å². The van der Waals surface area contributed by atoms with Gasteiger partial charge in [0, 0.05) is 12.5 Å². The lowest BCUT2D eigenvalue weighted by molar-refractivity contribution is -0.122. The van der Waals surface area contributed by atoms with E-state index in [9.17, 15) is 4.79 Å². The van der Waals surface area contributed by atoms with Crippen molar-refractivity contribution < 1.29 is 4.79 Å². The van der Waals surface area contributed by atoms with Gasteiger partial charge in [-0.2, -0.15) is 0 Å². The largest absolute Gasteiger partial charge is 0.354 e. The van der Waals surface area contributed by atoms with E-state index in [1.165, 1.54) is 0 Å². The Balaban J connectivity index is 3.93. The third-order valence-corrected chi connectivity index (χ3v) is 3.03. The fourth-order valence-corrected chi connectivity index (χ4v) is 2.05. The molecule has 1 amide bonds. The van der Waals surface area contributed by atoms with Gasteiger partial charge >= 0.3 is 0 Å². The molecule has 0 aliphatic heterocycles. The Morgan fingerprint density at radius 3 is 2.33 bits per heavy atom. The summed E-state index contributed by atoms with van der Waals surface area (Å²) in [7, 11) is 4.09. The van der Waals surface area contributed by atoms with Crippen LogP contribution in [0.5, 0.6) is 0 Å². The average Bonchev–Trinajstić information content (AvgIpc) is 2.24. The predicted octanol–water partition coefficient (Wildman–Crippen LogP) is 1.45. The molecule has 18 heavy (non-hydrogen) atoms. The Kier molecular flexibility index (Phi) is 9.02. The summed E-state index contributed by atoms with van der Waals surface area (Å²) in [4.78, 5) is 14.0. The Bertz CT molecular complexity index is 229. The Hall–Kier alpha value is -0.610. The number of carbonyl (C=O) groups excluding carboxylic acids is 1. The number of rotatable bonds is 9. The maximum absolute atomic E-state index is 11.9. The summed E-state index contributed by atoms with van der Waals surface area (Å²) in [6.07, 6.45) is 2.56. The van der Waals surface area contributed by atoms with Crippen LogP contribution in [0.1, 0.15) is 40.0 Å². The molecule has 2 atom stereocenters. The molecule has 4 heteroatoms. The van der Waals surface area contributed by atoms with Crippen LogP contribution in [0.25, 0.3) is 0 Å². The molecule has 0 aromatic heterocycles. The van der Waals surface area contributed by atoms with E-state index in [1.54, 1.807) is 0 Å². The molecule has 2 unspecified atom stereocenters. The second kappa shape index (κ2) is 9.34. The van der Waals surface area contributed by atoms with Crippen molar-refractivity contribution in [2.45, 2.75) is 46.1 Å². The number of hydrogen-bond donors (Lipinski definition) is 2. The lowest BCUT2D eigenvalue weighted by atomic mass is 9.94. The van der Waals surface area contributed by atoms with E-state index >= 15 is 0 Å². The molecule has 0 radical (unpaired) electrons. The zero-order valence-electron chi connectivity index (χ0n) is 12.7. The third kappa shape index (κ3) is 9.42. The molecule has 0 saturated heterocycles. The van der Waals surface area contributed by atoms with Crippen molar-refractivity contribution in [3.8, 4) is 0 Å². The van der Waals surface area contributed by atoms with Gasteiger partial charge in [-0.1, -0.05) is 13.8 Å². The second-order valence-electron chi connectivity index (χ2n) is 6.00. The molecular formula is C14H31N3O. The molecule has 0 aromatic rings. The molecule has 0 aromatic carbocycles. The van der Waals surface area contributed by atoms with Crippen LogP contribution in [0.3, 0.4) is 0 Å². The van der Waals surface area contributed by atoms with Gasteiger partial charge in [0.15, 0.2) is 0 Å². The van der Waals surface area contributed by atoms with Crippen molar-refractivity contribution >= 4 is 5.91 Å². The molecular weight excluding hydrogens is 226 g/mol. The highest BCUT2D eigenvalue weighted by Crippen LogP contribution is 2.14. The minimum atomic E-state index is 0.136. The minimum Gasteiger partial charge on any atom is -0.354 e. The summed E-state index contributed by atoms with van der Waals surface area (Å²) >= 11 is 0. The first-order chi connectivity index (χ1) is 8.35. The van der Waals surface area contributed by atoms with Crippen LogP contribution in [-0.2, 0) is 4.79 Å². The summed E-state index contributed by atoms with van der Waals surface area (Å²) in [5.41, 5.74) is 5.71. The number of hydrogen-bond acceptors (Lipinski definition) is 3. The number of carbonyl (C=O) groups is 1. The number of nitrogens with two attached hydrogens (primary N) is 1. The lowest BCUT2D eigenvalue weighted by Crippen LogP contribution is -2.36. The van der Waals surface area contributed by atoms with Crippen molar-refractivity contribution in [3.63, 3.8) is 0 Å². The van der Waals surface area contributed by atoms with Crippen LogP contribution in [-0.4, -0.2) is 44.0 Å². The highest BCUT2D eigenvalue weighted by atomic mass is 16.1. The smallest absolute Gasteiger partial charge is 0.220 e. The number of nitrogens with one attached hydrogen (secondary N) is 1. The molecule has 0 aliphatic rings. The third-order valence-electron chi connectivity index (χ3n) is 3.03. The monoisotopic (exact) mass is 257 g/mol. The molecule has 0 rings (SSSR count). The van der Waals surface area contributed by atoms with Gasteiger partial charge in [0.25, 0.3) is 0 Å². The number of nitrogens with zero attached hydrogens (tertiary/aromatic N) is 1. The fraction of sp³-hybridized carbons (Fsp3) is 0.929. The van der Waals surface area contributed by atoms with E-state index < -0.39 is 0 Å². The second-order valence-corrected chi connectivity index (χ2v) is 6.00. The van der Waals surface area contributed by atoms with Gasteiger partial charge in [-0.05, 0) is 58.8 Å². The highest BCUT2D eigenvalue weighted by molar-refractivity contribution is 5.76. The SMILES string of the molecule is CC(C)CC(CN)CC(=O)NC(C)CCN(C)C. The van der Waals surface area contributed by atoms with Crippen molar-refractivity contribution in [2.75, 3.05) is 27.2 Å². The molecule has 0 spiro atoms. The van der Waals surface area contributed by atoms with Crippen LogP contribution in [0.4, 0.5) is 0 Å². The summed E-state index contributed by atoms with van der Waals surface area (Å²) in [5.74, 6) is 1.04. The van der Waals surface area contributed by atoms with Crippen molar-refractivity contribution in [3.05, 3.63) is 0 Å². The Morgan fingerprint density at radius 1 is 1.28 bits per heavy atom. The zero-order chi connectivity index (χ0) is 14.1. The summed E-state index contributed by atoms with van der Waals surface area (Å²) in [6.45, 7) is 7.98. The molecule has 108 valence electrons. The van der Waals surface area contributed by atoms with Crippen LogP contribution >= 0.6 is 0 Å². The molecule has 0 fully saturated rings. The highest BCUT2D eigenvalue weighted by Gasteiger charge is 2.15. The van der Waals surface area contributed by atoms with E-state index in [1.807, 2.05) is 14.1 Å². The van der Waals surface area contributed by atoms with Crippen LogP contribution in [0.15, 0.2) is 0 Å². The van der Waals surface area contributed by atoms with E-state index in [2.05, 4.69) is 31.0 Å². The summed E-state index contributed by atoms with van der Waals surface area (Å²) in [5, 5.41) is 3.05. The Morgan fingerprint density at radius 2 is 1.89 bits per heavy atom. The van der Waals surface area contributed by atoms with Crippen LogP contribution < -0.4 is 11.1 Å². The molecule has 0 aliphatic carbocycles. The summed E-state index contributed by atoms with van der Waals surface area (Å²) in [6, 6.07) is 0.234. The van der Waals surface area contributed by atoms with Gasteiger partial charge in [-0.3, -0.25) is 4.79 Å². The minimum absolute atomic E-state index is 0.136. The van der Waals surface area contributed by atoms with E-state index in [0.717, 1.165) is 19.4 Å². The normalized spacial score (nSPS) is 14.9. The fourth-order valence-electron chi connectivity index (χ4n) is 2.05. The maximum Gasteiger partial charge on any atom is 0.220 e. The molecule has 3 N–H and O–H groups in total. The van der Waals surface area contributed by atoms with E-state index in [0.29, 0.717) is 24.8 Å². The van der Waals surface area contributed by atoms with E-state index in [4.69, 9.17) is 5.73 Å². The molecule has 4 nitrogen and oxygen atoms in total. The topological polar surface area (TPSA) is 58.4 Å². The first kappa shape index (κ1) is 17.4. The first-order valence-corrected chi connectivity index (χ1v) is 6.99. The molecule has 0 heterocycles. The first-order valence-electron chi connectivity index (χ1n) is 6.99. The van der Waals surface area contributed by atoms with E-state index in [-0.39, 0.29) is 11.9 Å². The van der Waals surface area contributed by atoms with Crippen molar-refractivity contribution in [1.82, 2.24) is 10.2 Å². The van der Waals surface area contributed by atoms with Gasteiger partial charge < -0.3 is 16.0 Å². The molecule has 0 bridgehead atoms. The van der Waals surface area contributed by atoms with Crippen molar-refractivity contribution in [2.24, 2.45) is 17.6 Å². The van der Waals surface area contributed by atoms with Crippen LogP contribution in [0.2, 0.25) is 0 Å². The lowest BCUT2D eigenvalue weighted by Gasteiger charge is -2.20. The maximum atomic E-state index is 11.9. The Labute approximate surface area is 112 Å². The van der Waals surface area contributed by atoms with Crippen LogP contribution in [0, 0.1) is 11.8 Å². The average molecular weight is 257 g/mol. The van der Waals surface area contributed by atoms with Gasteiger partial charge in [-0.25, -0.2) is 0 Å². The summed E-state index contributed by atoms with van der Waals surface area (Å²) < 4.78 is 0. The number of amides is 1. The quantitative estimate of drug-likeness (QED) is 0.657. The molecule has 0 saturated carbocycles. The zero-order valence-corrected chi connectivity index (χ0v) is 12.7. The predicted molar refractivity (Wildman–Crippen MR) is 77.4 cm³/mol.